The van der Waals surface area contributed by atoms with Crippen LogP contribution in [0, 0.1) is 0 Å². The number of thiophene rings is 1. The molecule has 1 aromatic carbocycles. The van der Waals surface area contributed by atoms with E-state index in [-0.39, 0.29) is 31.1 Å². The van der Waals surface area contributed by atoms with Gasteiger partial charge in [0.1, 0.15) is 0 Å². The Morgan fingerprint density at radius 3 is 2.83 bits per heavy atom. The Labute approximate surface area is 143 Å². The maximum Gasteiger partial charge on any atom is 0.231 e. The van der Waals surface area contributed by atoms with Gasteiger partial charge in [-0.3, -0.25) is 9.59 Å². The molecule has 2 amide bonds. The van der Waals surface area contributed by atoms with E-state index in [1.807, 2.05) is 35.7 Å². The summed E-state index contributed by atoms with van der Waals surface area (Å²) in [4.78, 5) is 24.5. The Morgan fingerprint density at radius 2 is 2.08 bits per heavy atom. The lowest BCUT2D eigenvalue weighted by molar-refractivity contribution is -0.122. The van der Waals surface area contributed by atoms with Gasteiger partial charge >= 0.3 is 0 Å². The highest BCUT2D eigenvalue weighted by atomic mass is 32.1. The summed E-state index contributed by atoms with van der Waals surface area (Å²) in [5.41, 5.74) is 0.930. The van der Waals surface area contributed by atoms with Gasteiger partial charge in [0.05, 0.1) is 12.5 Å². The van der Waals surface area contributed by atoms with Crippen LogP contribution in [0.4, 0.5) is 0 Å². The van der Waals surface area contributed by atoms with Crippen LogP contribution in [0.25, 0.3) is 0 Å². The van der Waals surface area contributed by atoms with Gasteiger partial charge in [-0.15, -0.1) is 11.3 Å². The van der Waals surface area contributed by atoms with E-state index in [2.05, 4.69) is 10.6 Å². The van der Waals surface area contributed by atoms with Crippen LogP contribution in [0.3, 0.4) is 0 Å². The second kappa shape index (κ2) is 7.35. The standard InChI is InChI=1S/C17H18N2O4S/c1-11(20)19-13(16-3-2-6-24-16)8-17(21)18-9-12-4-5-14-15(7-12)23-10-22-14/h2-7,13H,8-10H2,1H3,(H,18,21)(H,19,20). The first-order valence-corrected chi connectivity index (χ1v) is 8.45. The molecule has 2 aromatic rings. The molecule has 1 aromatic heterocycles. The zero-order chi connectivity index (χ0) is 16.9. The number of carbonyl (C=O) groups excluding carboxylic acids is 2. The van der Waals surface area contributed by atoms with Crippen LogP contribution < -0.4 is 20.1 Å². The van der Waals surface area contributed by atoms with E-state index in [9.17, 15) is 9.59 Å². The van der Waals surface area contributed by atoms with Crippen molar-refractivity contribution in [2.75, 3.05) is 6.79 Å². The number of hydrogen-bond acceptors (Lipinski definition) is 5. The molecule has 0 spiro atoms. The Morgan fingerprint density at radius 1 is 1.25 bits per heavy atom. The van der Waals surface area contributed by atoms with Crippen molar-refractivity contribution in [1.29, 1.82) is 0 Å². The van der Waals surface area contributed by atoms with E-state index in [1.165, 1.54) is 18.3 Å². The minimum absolute atomic E-state index is 0.125. The predicted octanol–water partition coefficient (Wildman–Crippen LogP) is 2.36. The number of benzene rings is 1. The Balaban J connectivity index is 1.57. The van der Waals surface area contributed by atoms with Crippen LogP contribution in [0.15, 0.2) is 35.7 Å². The first-order chi connectivity index (χ1) is 11.6. The average molecular weight is 346 g/mol. The number of amides is 2. The smallest absolute Gasteiger partial charge is 0.231 e. The summed E-state index contributed by atoms with van der Waals surface area (Å²) < 4.78 is 10.6. The minimum atomic E-state index is -0.306. The summed E-state index contributed by atoms with van der Waals surface area (Å²) in [6.45, 7) is 2.07. The molecule has 0 saturated carbocycles. The quantitative estimate of drug-likeness (QED) is 0.842. The minimum Gasteiger partial charge on any atom is -0.454 e. The van der Waals surface area contributed by atoms with Gasteiger partial charge < -0.3 is 20.1 Å². The molecule has 7 heteroatoms. The summed E-state index contributed by atoms with van der Waals surface area (Å²) in [5.74, 6) is 1.13. The molecule has 0 aliphatic carbocycles. The maximum absolute atomic E-state index is 12.2. The van der Waals surface area contributed by atoms with Crippen LogP contribution in [0.2, 0.25) is 0 Å². The summed E-state index contributed by atoms with van der Waals surface area (Å²) in [6.07, 6.45) is 0.199. The molecule has 0 fully saturated rings. The Bertz CT molecular complexity index is 730. The molecule has 1 unspecified atom stereocenters. The van der Waals surface area contributed by atoms with Crippen molar-refractivity contribution in [3.8, 4) is 11.5 Å². The SMILES string of the molecule is CC(=O)NC(CC(=O)NCc1ccc2c(c1)OCO2)c1cccs1. The van der Waals surface area contributed by atoms with E-state index in [1.54, 1.807) is 0 Å². The molecule has 1 aliphatic heterocycles. The largest absolute Gasteiger partial charge is 0.454 e. The molecule has 2 N–H and O–H groups in total. The van der Waals surface area contributed by atoms with Gasteiger partial charge in [-0.25, -0.2) is 0 Å². The van der Waals surface area contributed by atoms with Crippen molar-refractivity contribution in [2.24, 2.45) is 0 Å². The first kappa shape index (κ1) is 16.3. The molecule has 2 heterocycles. The molecule has 6 nitrogen and oxygen atoms in total. The normalized spacial score (nSPS) is 13.4. The van der Waals surface area contributed by atoms with Crippen molar-refractivity contribution < 1.29 is 19.1 Å². The number of carbonyl (C=O) groups is 2. The summed E-state index contributed by atoms with van der Waals surface area (Å²) in [7, 11) is 0. The third-order valence-corrected chi connectivity index (χ3v) is 4.57. The predicted molar refractivity (Wildman–Crippen MR) is 89.9 cm³/mol. The zero-order valence-corrected chi connectivity index (χ0v) is 14.0. The summed E-state index contributed by atoms with van der Waals surface area (Å²) >= 11 is 1.52. The van der Waals surface area contributed by atoms with E-state index >= 15 is 0 Å². The zero-order valence-electron chi connectivity index (χ0n) is 13.2. The fourth-order valence-corrected chi connectivity index (χ4v) is 3.24. The highest BCUT2D eigenvalue weighted by Crippen LogP contribution is 2.32. The van der Waals surface area contributed by atoms with Crippen LogP contribution >= 0.6 is 11.3 Å². The van der Waals surface area contributed by atoms with Crippen molar-refractivity contribution in [3.63, 3.8) is 0 Å². The molecular weight excluding hydrogens is 328 g/mol. The number of nitrogens with one attached hydrogen (secondary N) is 2. The molecule has 1 aliphatic rings. The lowest BCUT2D eigenvalue weighted by Gasteiger charge is -2.16. The van der Waals surface area contributed by atoms with Crippen molar-refractivity contribution in [1.82, 2.24) is 10.6 Å². The Kier molecular flexibility index (Phi) is 5.00. The van der Waals surface area contributed by atoms with E-state index in [4.69, 9.17) is 9.47 Å². The van der Waals surface area contributed by atoms with Gasteiger partial charge in [0, 0.05) is 18.3 Å². The van der Waals surface area contributed by atoms with Crippen LogP contribution in [0.1, 0.15) is 29.8 Å². The highest BCUT2D eigenvalue weighted by molar-refractivity contribution is 7.10. The van der Waals surface area contributed by atoms with E-state index in [0.29, 0.717) is 18.0 Å². The van der Waals surface area contributed by atoms with Crippen molar-refractivity contribution >= 4 is 23.2 Å². The maximum atomic E-state index is 12.2. The lowest BCUT2D eigenvalue weighted by Crippen LogP contribution is -2.32. The molecule has 1 atom stereocenters. The van der Waals surface area contributed by atoms with Gasteiger partial charge in [-0.1, -0.05) is 12.1 Å². The average Bonchev–Trinajstić information content (AvgIpc) is 3.22. The van der Waals surface area contributed by atoms with Gasteiger partial charge in [-0.2, -0.15) is 0 Å². The third kappa shape index (κ3) is 4.05. The second-order valence-electron chi connectivity index (χ2n) is 5.44. The van der Waals surface area contributed by atoms with Gasteiger partial charge in [-0.05, 0) is 29.1 Å². The fourth-order valence-electron chi connectivity index (χ4n) is 2.47. The van der Waals surface area contributed by atoms with E-state index in [0.717, 1.165) is 10.4 Å². The third-order valence-electron chi connectivity index (χ3n) is 3.58. The number of fused-ring (bicyclic) bond motifs is 1. The summed E-state index contributed by atoms with van der Waals surface area (Å²) in [5, 5.41) is 7.62. The fraction of sp³-hybridized carbons (Fsp3) is 0.294. The molecule has 24 heavy (non-hydrogen) atoms. The number of rotatable bonds is 6. The monoisotopic (exact) mass is 346 g/mol. The molecule has 126 valence electrons. The van der Waals surface area contributed by atoms with Gasteiger partial charge in [0.2, 0.25) is 18.6 Å². The van der Waals surface area contributed by atoms with Crippen molar-refractivity contribution in [2.45, 2.75) is 25.9 Å². The second-order valence-corrected chi connectivity index (χ2v) is 6.42. The van der Waals surface area contributed by atoms with Gasteiger partial charge in [0.25, 0.3) is 0 Å². The van der Waals surface area contributed by atoms with E-state index < -0.39 is 0 Å². The molecule has 3 rings (SSSR count). The van der Waals surface area contributed by atoms with Crippen molar-refractivity contribution in [3.05, 3.63) is 46.2 Å². The number of ether oxygens (including phenoxy) is 2. The van der Waals surface area contributed by atoms with Crippen LogP contribution in [-0.4, -0.2) is 18.6 Å². The molecule has 0 saturated heterocycles. The topological polar surface area (TPSA) is 76.7 Å². The molecule has 0 radical (unpaired) electrons. The number of hydrogen-bond donors (Lipinski definition) is 2. The highest BCUT2D eigenvalue weighted by Gasteiger charge is 2.18. The van der Waals surface area contributed by atoms with Gasteiger partial charge in [0.15, 0.2) is 11.5 Å². The lowest BCUT2D eigenvalue weighted by atomic mass is 10.1. The molecule has 0 bridgehead atoms. The first-order valence-electron chi connectivity index (χ1n) is 7.57. The van der Waals surface area contributed by atoms with Crippen LogP contribution in [-0.2, 0) is 16.1 Å². The molecular formula is C17H18N2O4S. The summed E-state index contributed by atoms with van der Waals surface area (Å²) in [6, 6.07) is 9.08. The Hall–Kier alpha value is -2.54. The van der Waals surface area contributed by atoms with Crippen LogP contribution in [0.5, 0.6) is 11.5 Å².